The SMILES string of the molecule is COc1ccc(F)c(C#CCCN=[N+]=[N-])c1. The minimum Gasteiger partial charge on any atom is -0.497 e. The quantitative estimate of drug-likeness (QED) is 0.253. The highest BCUT2D eigenvalue weighted by Gasteiger charge is 2.00. The molecule has 0 radical (unpaired) electrons. The highest BCUT2D eigenvalue weighted by molar-refractivity contribution is 5.40. The van der Waals surface area contributed by atoms with Crippen molar-refractivity contribution in [1.82, 2.24) is 0 Å². The molecule has 0 aliphatic rings. The van der Waals surface area contributed by atoms with Crippen LogP contribution < -0.4 is 4.74 Å². The van der Waals surface area contributed by atoms with Crippen molar-refractivity contribution in [3.05, 3.63) is 40.0 Å². The molecule has 0 unspecified atom stereocenters. The topological polar surface area (TPSA) is 58.0 Å². The van der Waals surface area contributed by atoms with Crippen LogP contribution in [0.15, 0.2) is 23.3 Å². The van der Waals surface area contributed by atoms with Crippen LogP contribution in [-0.2, 0) is 0 Å². The fourth-order valence-corrected chi connectivity index (χ4v) is 1.04. The van der Waals surface area contributed by atoms with E-state index in [0.717, 1.165) is 0 Å². The average molecular weight is 219 g/mol. The van der Waals surface area contributed by atoms with Crippen molar-refractivity contribution in [3.63, 3.8) is 0 Å². The van der Waals surface area contributed by atoms with Crippen molar-refractivity contribution in [1.29, 1.82) is 0 Å². The van der Waals surface area contributed by atoms with Crippen LogP contribution >= 0.6 is 0 Å². The number of nitrogens with zero attached hydrogens (tertiary/aromatic N) is 3. The first kappa shape index (κ1) is 11.9. The molecule has 82 valence electrons. The summed E-state index contributed by atoms with van der Waals surface area (Å²) in [5.41, 5.74) is 8.31. The maximum absolute atomic E-state index is 13.2. The van der Waals surface area contributed by atoms with E-state index in [1.807, 2.05) is 0 Å². The predicted octanol–water partition coefficient (Wildman–Crippen LogP) is 2.89. The summed E-state index contributed by atoms with van der Waals surface area (Å²) in [6.45, 7) is 0.287. The Kier molecular flexibility index (Phi) is 4.71. The summed E-state index contributed by atoms with van der Waals surface area (Å²) in [5, 5.41) is 3.32. The second-order valence-electron chi connectivity index (χ2n) is 2.85. The molecule has 4 nitrogen and oxygen atoms in total. The van der Waals surface area contributed by atoms with Gasteiger partial charge in [-0.15, -0.1) is 0 Å². The van der Waals surface area contributed by atoms with Crippen LogP contribution in [0.2, 0.25) is 0 Å². The van der Waals surface area contributed by atoms with Crippen LogP contribution in [0.3, 0.4) is 0 Å². The van der Waals surface area contributed by atoms with Gasteiger partial charge >= 0.3 is 0 Å². The smallest absolute Gasteiger partial charge is 0.139 e. The third-order valence-electron chi connectivity index (χ3n) is 1.80. The molecule has 0 saturated carbocycles. The summed E-state index contributed by atoms with van der Waals surface area (Å²) < 4.78 is 18.2. The molecule has 1 rings (SSSR count). The van der Waals surface area contributed by atoms with Crippen LogP contribution in [-0.4, -0.2) is 13.7 Å². The van der Waals surface area contributed by atoms with Crippen molar-refractivity contribution >= 4 is 0 Å². The van der Waals surface area contributed by atoms with Crippen molar-refractivity contribution in [3.8, 4) is 17.6 Å². The minimum atomic E-state index is -0.392. The molecular formula is C11H10FN3O. The maximum Gasteiger partial charge on any atom is 0.139 e. The number of halogens is 1. The van der Waals surface area contributed by atoms with E-state index in [1.54, 1.807) is 0 Å². The third kappa shape index (κ3) is 3.52. The number of azide groups is 1. The van der Waals surface area contributed by atoms with Crippen LogP contribution in [0.5, 0.6) is 5.75 Å². The Hall–Kier alpha value is -2.18. The van der Waals surface area contributed by atoms with E-state index in [4.69, 9.17) is 10.3 Å². The van der Waals surface area contributed by atoms with Gasteiger partial charge in [-0.2, -0.15) is 0 Å². The third-order valence-corrected chi connectivity index (χ3v) is 1.80. The molecule has 1 aromatic carbocycles. The summed E-state index contributed by atoms with van der Waals surface area (Å²) in [7, 11) is 1.51. The van der Waals surface area contributed by atoms with Crippen molar-refractivity contribution in [2.24, 2.45) is 5.11 Å². The van der Waals surface area contributed by atoms with Crippen molar-refractivity contribution in [2.45, 2.75) is 6.42 Å². The van der Waals surface area contributed by atoms with Gasteiger partial charge in [-0.25, -0.2) is 4.39 Å². The molecule has 0 bridgehead atoms. The predicted molar refractivity (Wildman–Crippen MR) is 58.5 cm³/mol. The van der Waals surface area contributed by atoms with E-state index >= 15 is 0 Å². The van der Waals surface area contributed by atoms with Gasteiger partial charge < -0.3 is 4.74 Å². The van der Waals surface area contributed by atoms with E-state index < -0.39 is 5.82 Å². The van der Waals surface area contributed by atoms with Gasteiger partial charge in [0.2, 0.25) is 0 Å². The zero-order valence-electron chi connectivity index (χ0n) is 8.77. The number of benzene rings is 1. The average Bonchev–Trinajstić information content (AvgIpc) is 2.31. The summed E-state index contributed by atoms with van der Waals surface area (Å²) in [6, 6.07) is 4.35. The Morgan fingerprint density at radius 1 is 1.56 bits per heavy atom. The first-order chi connectivity index (χ1) is 7.77. The van der Waals surface area contributed by atoms with Crippen molar-refractivity contribution < 1.29 is 9.13 Å². The molecule has 0 spiro atoms. The molecule has 16 heavy (non-hydrogen) atoms. The second-order valence-corrected chi connectivity index (χ2v) is 2.85. The molecule has 0 aliphatic heterocycles. The summed E-state index contributed by atoms with van der Waals surface area (Å²) in [5.74, 6) is 5.54. The largest absolute Gasteiger partial charge is 0.497 e. The molecule has 0 heterocycles. The Morgan fingerprint density at radius 2 is 2.38 bits per heavy atom. The molecule has 0 N–H and O–H groups in total. The molecule has 0 aromatic heterocycles. The fraction of sp³-hybridized carbons (Fsp3) is 0.273. The standard InChI is InChI=1S/C11H10FN3O/c1-16-10-5-6-11(12)9(8-10)4-2-3-7-14-15-13/h5-6,8H,3,7H2,1H3. The maximum atomic E-state index is 13.2. The zero-order chi connectivity index (χ0) is 11.8. The highest BCUT2D eigenvalue weighted by atomic mass is 19.1. The van der Waals surface area contributed by atoms with Gasteiger partial charge in [0.05, 0.1) is 12.7 Å². The molecular weight excluding hydrogens is 209 g/mol. The van der Waals surface area contributed by atoms with Crippen LogP contribution in [0, 0.1) is 17.7 Å². The van der Waals surface area contributed by atoms with Gasteiger partial charge in [0.1, 0.15) is 11.6 Å². The molecule has 5 heteroatoms. The van der Waals surface area contributed by atoms with E-state index in [-0.39, 0.29) is 12.1 Å². The number of hydrogen-bond donors (Lipinski definition) is 0. The second kappa shape index (κ2) is 6.33. The Balaban J connectivity index is 2.74. The number of rotatable bonds is 3. The van der Waals surface area contributed by atoms with E-state index in [2.05, 4.69) is 21.9 Å². The lowest BCUT2D eigenvalue weighted by Gasteiger charge is -2.00. The van der Waals surface area contributed by atoms with Gasteiger partial charge in [-0.3, -0.25) is 0 Å². The minimum absolute atomic E-state index is 0.278. The summed E-state index contributed by atoms with van der Waals surface area (Å²) in [6.07, 6.45) is 0.403. The lowest BCUT2D eigenvalue weighted by atomic mass is 10.2. The monoisotopic (exact) mass is 219 g/mol. The van der Waals surface area contributed by atoms with Gasteiger partial charge in [-0.1, -0.05) is 17.0 Å². The lowest BCUT2D eigenvalue weighted by molar-refractivity contribution is 0.413. The van der Waals surface area contributed by atoms with Gasteiger partial charge in [0, 0.05) is 17.9 Å². The molecule has 0 atom stereocenters. The Labute approximate surface area is 92.7 Å². The van der Waals surface area contributed by atoms with Crippen LogP contribution in [0.1, 0.15) is 12.0 Å². The van der Waals surface area contributed by atoms with E-state index in [9.17, 15) is 4.39 Å². The Bertz CT molecular complexity index is 470. The van der Waals surface area contributed by atoms with E-state index in [1.165, 1.54) is 25.3 Å². The zero-order valence-corrected chi connectivity index (χ0v) is 8.77. The fourth-order valence-electron chi connectivity index (χ4n) is 1.04. The number of methoxy groups -OCH3 is 1. The van der Waals surface area contributed by atoms with Gasteiger partial charge in [0.15, 0.2) is 0 Å². The first-order valence-electron chi connectivity index (χ1n) is 4.61. The van der Waals surface area contributed by atoms with Crippen molar-refractivity contribution in [2.75, 3.05) is 13.7 Å². The van der Waals surface area contributed by atoms with Crippen LogP contribution in [0.4, 0.5) is 4.39 Å². The lowest BCUT2D eigenvalue weighted by Crippen LogP contribution is -1.87. The highest BCUT2D eigenvalue weighted by Crippen LogP contribution is 2.15. The summed E-state index contributed by atoms with van der Waals surface area (Å²) >= 11 is 0. The summed E-state index contributed by atoms with van der Waals surface area (Å²) in [4.78, 5) is 2.59. The van der Waals surface area contributed by atoms with Gasteiger partial charge in [-0.05, 0) is 23.7 Å². The molecule has 0 saturated heterocycles. The van der Waals surface area contributed by atoms with E-state index in [0.29, 0.717) is 12.2 Å². The molecule has 1 aromatic rings. The van der Waals surface area contributed by atoms with Gasteiger partial charge in [0.25, 0.3) is 0 Å². The molecule has 0 fully saturated rings. The molecule has 0 amide bonds. The molecule has 0 aliphatic carbocycles. The Morgan fingerprint density at radius 3 is 3.06 bits per heavy atom. The first-order valence-corrected chi connectivity index (χ1v) is 4.61. The number of ether oxygens (including phenoxy) is 1. The normalized spacial score (nSPS) is 8.62. The number of hydrogen-bond acceptors (Lipinski definition) is 2. The van der Waals surface area contributed by atoms with Crippen LogP contribution in [0.25, 0.3) is 10.4 Å².